The lowest BCUT2D eigenvalue weighted by atomic mass is 10.0. The van der Waals surface area contributed by atoms with Crippen LogP contribution in [0.25, 0.3) is 0 Å². The van der Waals surface area contributed by atoms with Crippen LogP contribution in [0.5, 0.6) is 0 Å². The molecule has 2 atom stereocenters. The summed E-state index contributed by atoms with van der Waals surface area (Å²) in [5.41, 5.74) is 1.29. The summed E-state index contributed by atoms with van der Waals surface area (Å²) in [5.74, 6) is 0. The van der Waals surface area contributed by atoms with Gasteiger partial charge in [-0.1, -0.05) is 30.3 Å². The molecule has 1 heterocycles. The number of hydrogen-bond donors (Lipinski definition) is 1. The smallest absolute Gasteiger partial charge is 0.0836 e. The second-order valence-electron chi connectivity index (χ2n) is 4.16. The molecular weight excluding hydrogens is 186 g/mol. The summed E-state index contributed by atoms with van der Waals surface area (Å²) in [7, 11) is 1.80. The zero-order chi connectivity index (χ0) is 10.5. The minimum Gasteiger partial charge on any atom is -0.377 e. The molecule has 82 valence electrons. The van der Waals surface area contributed by atoms with Crippen molar-refractivity contribution in [2.24, 2.45) is 0 Å². The van der Waals surface area contributed by atoms with Crippen molar-refractivity contribution in [2.45, 2.75) is 31.4 Å². The molecule has 2 nitrogen and oxygen atoms in total. The van der Waals surface area contributed by atoms with Gasteiger partial charge in [0.25, 0.3) is 0 Å². The van der Waals surface area contributed by atoms with Gasteiger partial charge in [-0.05, 0) is 31.4 Å². The summed E-state index contributed by atoms with van der Waals surface area (Å²) in [6.45, 7) is 1.16. The van der Waals surface area contributed by atoms with E-state index in [9.17, 15) is 0 Å². The van der Waals surface area contributed by atoms with Crippen LogP contribution in [0.2, 0.25) is 0 Å². The van der Waals surface area contributed by atoms with E-state index < -0.39 is 0 Å². The highest BCUT2D eigenvalue weighted by Crippen LogP contribution is 2.24. The second kappa shape index (κ2) is 5.29. The van der Waals surface area contributed by atoms with E-state index in [4.69, 9.17) is 4.74 Å². The van der Waals surface area contributed by atoms with Crippen molar-refractivity contribution < 1.29 is 4.74 Å². The molecule has 0 saturated carbocycles. The first-order valence-corrected chi connectivity index (χ1v) is 5.71. The predicted octanol–water partition coefficient (Wildman–Crippen LogP) is 2.52. The number of rotatable bonds is 4. The minimum atomic E-state index is 0.238. The van der Waals surface area contributed by atoms with Gasteiger partial charge in [-0.25, -0.2) is 0 Å². The van der Waals surface area contributed by atoms with Gasteiger partial charge in [0.15, 0.2) is 0 Å². The maximum atomic E-state index is 5.56. The van der Waals surface area contributed by atoms with Crippen molar-refractivity contribution in [3.8, 4) is 0 Å². The molecule has 1 aromatic carbocycles. The number of benzene rings is 1. The fourth-order valence-corrected chi connectivity index (χ4v) is 2.25. The molecule has 0 spiro atoms. The normalized spacial score (nSPS) is 22.9. The summed E-state index contributed by atoms with van der Waals surface area (Å²) in [4.78, 5) is 0. The van der Waals surface area contributed by atoms with E-state index in [0.717, 1.165) is 13.0 Å². The van der Waals surface area contributed by atoms with Crippen molar-refractivity contribution in [3.05, 3.63) is 35.9 Å². The third-order valence-corrected chi connectivity index (χ3v) is 3.12. The molecule has 2 unspecified atom stereocenters. The topological polar surface area (TPSA) is 21.3 Å². The molecule has 1 fully saturated rings. The molecular formula is C13H19NO. The van der Waals surface area contributed by atoms with Crippen molar-refractivity contribution in [1.82, 2.24) is 5.32 Å². The van der Waals surface area contributed by atoms with Gasteiger partial charge in [0.1, 0.15) is 0 Å². The fourth-order valence-electron chi connectivity index (χ4n) is 2.25. The van der Waals surface area contributed by atoms with Crippen LogP contribution in [-0.4, -0.2) is 19.7 Å². The average Bonchev–Trinajstić information content (AvgIpc) is 2.80. The van der Waals surface area contributed by atoms with Crippen LogP contribution in [0, 0.1) is 0 Å². The predicted molar refractivity (Wildman–Crippen MR) is 61.8 cm³/mol. The Bertz CT molecular complexity index is 280. The molecule has 1 saturated heterocycles. The Hall–Kier alpha value is -0.860. The lowest BCUT2D eigenvalue weighted by Gasteiger charge is -2.19. The SMILES string of the molecule is COC(CC1CCCN1)c1ccccc1. The van der Waals surface area contributed by atoms with Crippen LogP contribution < -0.4 is 5.32 Å². The Morgan fingerprint density at radius 3 is 2.80 bits per heavy atom. The molecule has 15 heavy (non-hydrogen) atoms. The van der Waals surface area contributed by atoms with Gasteiger partial charge in [0.05, 0.1) is 6.10 Å². The van der Waals surface area contributed by atoms with Gasteiger partial charge in [0.2, 0.25) is 0 Å². The number of nitrogens with one attached hydrogen (secondary N) is 1. The lowest BCUT2D eigenvalue weighted by molar-refractivity contribution is 0.0874. The van der Waals surface area contributed by atoms with Crippen LogP contribution in [0.1, 0.15) is 30.9 Å². The highest BCUT2D eigenvalue weighted by atomic mass is 16.5. The first-order valence-electron chi connectivity index (χ1n) is 5.71. The van der Waals surface area contributed by atoms with Crippen molar-refractivity contribution in [1.29, 1.82) is 0 Å². The van der Waals surface area contributed by atoms with Crippen molar-refractivity contribution in [2.75, 3.05) is 13.7 Å². The van der Waals surface area contributed by atoms with E-state index in [1.807, 2.05) is 6.07 Å². The molecule has 1 aromatic rings. The quantitative estimate of drug-likeness (QED) is 0.815. The molecule has 2 rings (SSSR count). The molecule has 0 aromatic heterocycles. The monoisotopic (exact) mass is 205 g/mol. The Balaban J connectivity index is 1.97. The molecule has 2 heteroatoms. The summed E-state index contributed by atoms with van der Waals surface area (Å²) >= 11 is 0. The van der Waals surface area contributed by atoms with E-state index in [2.05, 4.69) is 29.6 Å². The Labute approximate surface area is 91.6 Å². The van der Waals surface area contributed by atoms with Gasteiger partial charge in [-0.3, -0.25) is 0 Å². The summed E-state index contributed by atoms with van der Waals surface area (Å²) in [6.07, 6.45) is 3.91. The zero-order valence-electron chi connectivity index (χ0n) is 9.28. The first kappa shape index (κ1) is 10.7. The Kier molecular flexibility index (Phi) is 3.75. The van der Waals surface area contributed by atoms with Gasteiger partial charge in [-0.2, -0.15) is 0 Å². The minimum absolute atomic E-state index is 0.238. The van der Waals surface area contributed by atoms with Crippen molar-refractivity contribution in [3.63, 3.8) is 0 Å². The molecule has 1 N–H and O–H groups in total. The first-order chi connectivity index (χ1) is 7.40. The van der Waals surface area contributed by atoms with Gasteiger partial charge < -0.3 is 10.1 Å². The van der Waals surface area contributed by atoms with E-state index >= 15 is 0 Å². The average molecular weight is 205 g/mol. The Morgan fingerprint density at radius 1 is 1.40 bits per heavy atom. The summed E-state index contributed by atoms with van der Waals surface area (Å²) < 4.78 is 5.56. The number of hydrogen-bond acceptors (Lipinski definition) is 2. The summed E-state index contributed by atoms with van der Waals surface area (Å²) in [5, 5.41) is 3.51. The van der Waals surface area contributed by atoms with E-state index in [0.29, 0.717) is 6.04 Å². The van der Waals surface area contributed by atoms with Crippen LogP contribution in [0.3, 0.4) is 0 Å². The third-order valence-electron chi connectivity index (χ3n) is 3.12. The van der Waals surface area contributed by atoms with E-state index in [1.54, 1.807) is 7.11 Å². The largest absolute Gasteiger partial charge is 0.377 e. The fraction of sp³-hybridized carbons (Fsp3) is 0.538. The van der Waals surface area contributed by atoms with E-state index in [-0.39, 0.29) is 6.10 Å². The standard InChI is InChI=1S/C13H19NO/c1-15-13(10-12-8-5-9-14-12)11-6-3-2-4-7-11/h2-4,6-7,12-14H,5,8-10H2,1H3. The highest BCUT2D eigenvalue weighted by Gasteiger charge is 2.20. The van der Waals surface area contributed by atoms with Gasteiger partial charge >= 0.3 is 0 Å². The van der Waals surface area contributed by atoms with Gasteiger partial charge in [-0.15, -0.1) is 0 Å². The molecule has 1 aliphatic heterocycles. The Morgan fingerprint density at radius 2 is 2.20 bits per heavy atom. The number of methoxy groups -OCH3 is 1. The van der Waals surface area contributed by atoms with Crippen LogP contribution in [0.4, 0.5) is 0 Å². The molecule has 0 amide bonds. The van der Waals surface area contributed by atoms with Gasteiger partial charge in [0, 0.05) is 13.2 Å². The highest BCUT2D eigenvalue weighted by molar-refractivity contribution is 5.17. The van der Waals surface area contributed by atoms with Crippen LogP contribution in [-0.2, 0) is 4.74 Å². The molecule has 1 aliphatic rings. The van der Waals surface area contributed by atoms with Crippen LogP contribution >= 0.6 is 0 Å². The summed E-state index contributed by atoms with van der Waals surface area (Å²) in [6, 6.07) is 11.1. The van der Waals surface area contributed by atoms with E-state index in [1.165, 1.54) is 18.4 Å². The maximum Gasteiger partial charge on any atom is 0.0836 e. The molecule has 0 radical (unpaired) electrons. The maximum absolute atomic E-state index is 5.56. The third kappa shape index (κ3) is 2.80. The zero-order valence-corrected chi connectivity index (χ0v) is 9.28. The lowest BCUT2D eigenvalue weighted by Crippen LogP contribution is -2.24. The van der Waals surface area contributed by atoms with Crippen LogP contribution in [0.15, 0.2) is 30.3 Å². The molecule has 0 bridgehead atoms. The number of ether oxygens (including phenoxy) is 1. The van der Waals surface area contributed by atoms with Crippen molar-refractivity contribution >= 4 is 0 Å². The second-order valence-corrected chi connectivity index (χ2v) is 4.16. The molecule has 0 aliphatic carbocycles.